The Hall–Kier alpha value is -2.51. The van der Waals surface area contributed by atoms with E-state index in [2.05, 4.69) is 46.5 Å². The van der Waals surface area contributed by atoms with E-state index < -0.39 is 0 Å². The quantitative estimate of drug-likeness (QED) is 0.738. The topological polar surface area (TPSA) is 76.5 Å². The van der Waals surface area contributed by atoms with Crippen molar-refractivity contribution in [3.63, 3.8) is 0 Å². The van der Waals surface area contributed by atoms with Crippen LogP contribution >= 0.6 is 0 Å². The number of hydrogen-bond acceptors (Lipinski definition) is 5. The predicted octanol–water partition coefficient (Wildman–Crippen LogP) is 2.19. The lowest BCUT2D eigenvalue weighted by Gasteiger charge is -2.33. The third-order valence-electron chi connectivity index (χ3n) is 5.41. The van der Waals surface area contributed by atoms with Gasteiger partial charge in [0.15, 0.2) is 0 Å². The van der Waals surface area contributed by atoms with Crippen LogP contribution in [0.1, 0.15) is 47.8 Å². The van der Waals surface area contributed by atoms with Gasteiger partial charge in [-0.25, -0.2) is 4.68 Å². The van der Waals surface area contributed by atoms with E-state index in [4.69, 9.17) is 4.74 Å². The Morgan fingerprint density at radius 1 is 1.17 bits per heavy atom. The molecule has 0 bridgehead atoms. The Morgan fingerprint density at radius 3 is 2.66 bits per heavy atom. The third kappa shape index (κ3) is 5.98. The molecule has 1 unspecified atom stereocenters. The molecule has 1 fully saturated rings. The first-order valence-electron chi connectivity index (χ1n) is 10.2. The van der Waals surface area contributed by atoms with Crippen molar-refractivity contribution < 1.29 is 9.53 Å². The summed E-state index contributed by atoms with van der Waals surface area (Å²) >= 11 is 0. The number of methoxy groups -OCH3 is 1. The number of nitrogens with zero attached hydrogens (tertiary/aromatic N) is 3. The van der Waals surface area contributed by atoms with E-state index in [-0.39, 0.29) is 17.2 Å². The van der Waals surface area contributed by atoms with Crippen molar-refractivity contribution in [3.05, 3.63) is 63.6 Å². The summed E-state index contributed by atoms with van der Waals surface area (Å²) < 4.78 is 6.21. The van der Waals surface area contributed by atoms with E-state index in [0.29, 0.717) is 25.7 Å². The highest BCUT2D eigenvalue weighted by atomic mass is 16.5. The molecule has 156 valence electrons. The molecule has 2 heterocycles. The van der Waals surface area contributed by atoms with Crippen LogP contribution in [0, 0.1) is 0 Å². The van der Waals surface area contributed by atoms with Gasteiger partial charge in [0.05, 0.1) is 13.2 Å². The van der Waals surface area contributed by atoms with Crippen LogP contribution < -0.4 is 10.9 Å². The first-order chi connectivity index (χ1) is 14.1. The third-order valence-corrected chi connectivity index (χ3v) is 5.41. The second kappa shape index (κ2) is 10.3. The van der Waals surface area contributed by atoms with Gasteiger partial charge in [0.2, 0.25) is 0 Å². The molecule has 1 aromatic carbocycles. The number of likely N-dealkylation sites (tertiary alicyclic amines) is 1. The number of aromatic nitrogens is 2. The Morgan fingerprint density at radius 2 is 1.93 bits per heavy atom. The zero-order chi connectivity index (χ0) is 20.6. The van der Waals surface area contributed by atoms with Crippen LogP contribution in [-0.4, -0.2) is 46.9 Å². The van der Waals surface area contributed by atoms with Gasteiger partial charge in [0.25, 0.3) is 11.5 Å². The summed E-state index contributed by atoms with van der Waals surface area (Å²) in [5, 5.41) is 6.98. The molecule has 1 amide bonds. The molecule has 29 heavy (non-hydrogen) atoms. The van der Waals surface area contributed by atoms with Gasteiger partial charge in [0.1, 0.15) is 5.69 Å². The van der Waals surface area contributed by atoms with Crippen molar-refractivity contribution in [3.8, 4) is 0 Å². The molecule has 1 saturated heterocycles. The molecule has 2 aromatic rings. The van der Waals surface area contributed by atoms with Crippen molar-refractivity contribution in [2.45, 2.75) is 51.9 Å². The first-order valence-corrected chi connectivity index (χ1v) is 10.2. The van der Waals surface area contributed by atoms with Crippen LogP contribution in [0.2, 0.25) is 0 Å². The molecule has 0 saturated carbocycles. The van der Waals surface area contributed by atoms with E-state index in [9.17, 15) is 9.59 Å². The highest BCUT2D eigenvalue weighted by Gasteiger charge is 2.18. The Labute approximate surface area is 171 Å². The van der Waals surface area contributed by atoms with Crippen molar-refractivity contribution in [2.75, 3.05) is 20.3 Å². The summed E-state index contributed by atoms with van der Waals surface area (Å²) in [5.74, 6) is -0.303. The van der Waals surface area contributed by atoms with E-state index in [1.54, 1.807) is 7.11 Å². The largest absolute Gasteiger partial charge is 0.383 e. The van der Waals surface area contributed by atoms with Crippen LogP contribution in [0.25, 0.3) is 0 Å². The summed E-state index contributed by atoms with van der Waals surface area (Å²) in [6.45, 7) is 5.53. The average Bonchev–Trinajstić information content (AvgIpc) is 2.74. The normalized spacial score (nSPS) is 17.2. The second-order valence-electron chi connectivity index (χ2n) is 7.59. The molecule has 1 aromatic heterocycles. The molecule has 0 spiro atoms. The molecule has 1 atom stereocenters. The standard InChI is InChI=1S/C22H30N4O3/c1-17-5-3-4-12-25(17)16-19-8-6-18(7-9-19)15-23-22(28)20-10-11-21(27)26(24-20)13-14-29-2/h6-11,17H,3-5,12-16H2,1-2H3,(H,23,28). The van der Waals surface area contributed by atoms with E-state index >= 15 is 0 Å². The lowest BCUT2D eigenvalue weighted by atomic mass is 10.0. The number of carbonyl (C=O) groups is 1. The summed E-state index contributed by atoms with van der Waals surface area (Å²) in [5.41, 5.74) is 2.29. The zero-order valence-corrected chi connectivity index (χ0v) is 17.3. The average molecular weight is 399 g/mol. The maximum Gasteiger partial charge on any atom is 0.271 e. The molecule has 7 nitrogen and oxygen atoms in total. The molecule has 0 aliphatic carbocycles. The number of rotatable bonds is 8. The van der Waals surface area contributed by atoms with Crippen LogP contribution in [0.4, 0.5) is 0 Å². The Kier molecular flexibility index (Phi) is 7.55. The number of benzene rings is 1. The summed E-state index contributed by atoms with van der Waals surface area (Å²) in [7, 11) is 1.56. The molecule has 7 heteroatoms. The number of carbonyl (C=O) groups excluding carboxylic acids is 1. The lowest BCUT2D eigenvalue weighted by molar-refractivity contribution is 0.0942. The molecule has 1 N–H and O–H groups in total. The van der Waals surface area contributed by atoms with Crippen LogP contribution in [0.15, 0.2) is 41.2 Å². The highest BCUT2D eigenvalue weighted by Crippen LogP contribution is 2.19. The zero-order valence-electron chi connectivity index (χ0n) is 17.3. The monoisotopic (exact) mass is 398 g/mol. The van der Waals surface area contributed by atoms with Crippen molar-refractivity contribution in [1.82, 2.24) is 20.0 Å². The van der Waals surface area contributed by atoms with Crippen molar-refractivity contribution in [2.24, 2.45) is 0 Å². The maximum atomic E-state index is 12.4. The molecule has 1 aliphatic rings. The van der Waals surface area contributed by atoms with Crippen molar-refractivity contribution >= 4 is 5.91 Å². The van der Waals surface area contributed by atoms with E-state index in [1.807, 2.05) is 0 Å². The van der Waals surface area contributed by atoms with E-state index in [0.717, 1.165) is 12.1 Å². The summed E-state index contributed by atoms with van der Waals surface area (Å²) in [6, 6.07) is 11.8. The Bertz CT molecular complexity index is 863. The van der Waals surface area contributed by atoms with Gasteiger partial charge < -0.3 is 10.1 Å². The number of piperidine rings is 1. The van der Waals surface area contributed by atoms with Crippen LogP contribution in [-0.2, 0) is 24.4 Å². The number of nitrogens with one attached hydrogen (secondary N) is 1. The summed E-state index contributed by atoms with van der Waals surface area (Å²) in [4.78, 5) is 26.7. The van der Waals surface area contributed by atoms with Gasteiger partial charge in [-0.1, -0.05) is 30.7 Å². The van der Waals surface area contributed by atoms with Crippen LogP contribution in [0.5, 0.6) is 0 Å². The minimum atomic E-state index is -0.303. The maximum absolute atomic E-state index is 12.4. The van der Waals surface area contributed by atoms with Gasteiger partial charge in [-0.3, -0.25) is 14.5 Å². The molecule has 0 radical (unpaired) electrons. The number of ether oxygens (including phenoxy) is 1. The van der Waals surface area contributed by atoms with Gasteiger partial charge in [-0.05, 0) is 43.5 Å². The highest BCUT2D eigenvalue weighted by molar-refractivity contribution is 5.91. The smallest absolute Gasteiger partial charge is 0.271 e. The molecular formula is C22H30N4O3. The molecule has 3 rings (SSSR count). The minimum Gasteiger partial charge on any atom is -0.383 e. The van der Waals surface area contributed by atoms with Gasteiger partial charge in [0, 0.05) is 32.3 Å². The SMILES string of the molecule is COCCn1nc(C(=O)NCc2ccc(CN3CCCCC3C)cc2)ccc1=O. The minimum absolute atomic E-state index is 0.219. The van der Waals surface area contributed by atoms with Crippen LogP contribution in [0.3, 0.4) is 0 Å². The van der Waals surface area contributed by atoms with Crippen molar-refractivity contribution in [1.29, 1.82) is 0 Å². The summed E-state index contributed by atoms with van der Waals surface area (Å²) in [6.07, 6.45) is 3.88. The van der Waals surface area contributed by atoms with E-state index in [1.165, 1.54) is 48.2 Å². The molecule has 1 aliphatic heterocycles. The van der Waals surface area contributed by atoms with Gasteiger partial charge in [-0.2, -0.15) is 5.10 Å². The lowest BCUT2D eigenvalue weighted by Crippen LogP contribution is -2.36. The Balaban J connectivity index is 1.54. The van der Waals surface area contributed by atoms with Gasteiger partial charge in [-0.15, -0.1) is 0 Å². The number of amides is 1. The first kappa shape index (κ1) is 21.2. The second-order valence-corrected chi connectivity index (χ2v) is 7.59. The fourth-order valence-electron chi connectivity index (χ4n) is 3.57. The number of hydrogen-bond donors (Lipinski definition) is 1. The molecular weight excluding hydrogens is 368 g/mol. The predicted molar refractivity (Wildman–Crippen MR) is 112 cm³/mol. The van der Waals surface area contributed by atoms with Gasteiger partial charge >= 0.3 is 0 Å². The fourth-order valence-corrected chi connectivity index (χ4v) is 3.57. The fraction of sp³-hybridized carbons (Fsp3) is 0.500.